The molecule has 1 aromatic heterocycles. The summed E-state index contributed by atoms with van der Waals surface area (Å²) >= 11 is 0. The molecule has 1 aliphatic carbocycles. The summed E-state index contributed by atoms with van der Waals surface area (Å²) in [4.78, 5) is 8.63. The van der Waals surface area contributed by atoms with Crippen molar-refractivity contribution in [3.63, 3.8) is 0 Å². The van der Waals surface area contributed by atoms with E-state index in [-0.39, 0.29) is 0 Å². The van der Waals surface area contributed by atoms with Crippen molar-refractivity contribution < 1.29 is 0 Å². The molecule has 1 fully saturated rings. The third-order valence-corrected chi connectivity index (χ3v) is 3.17. The molecule has 2 N–H and O–H groups in total. The number of rotatable bonds is 3. The fourth-order valence-corrected chi connectivity index (χ4v) is 2.32. The van der Waals surface area contributed by atoms with E-state index >= 15 is 0 Å². The van der Waals surface area contributed by atoms with Gasteiger partial charge in [0.05, 0.1) is 0 Å². The van der Waals surface area contributed by atoms with E-state index in [2.05, 4.69) is 16.0 Å². The van der Waals surface area contributed by atoms with Gasteiger partial charge in [-0.1, -0.05) is 19.3 Å². The number of hydrogen-bond acceptors (Lipinski definition) is 3. The summed E-state index contributed by atoms with van der Waals surface area (Å²) in [5, 5.41) is 0. The van der Waals surface area contributed by atoms with Crippen LogP contribution in [0.3, 0.4) is 0 Å². The highest BCUT2D eigenvalue weighted by atomic mass is 14.8. The average molecular weight is 205 g/mol. The molecule has 1 heterocycles. The number of hydrogen-bond donors (Lipinski definition) is 1. The molecule has 0 radical (unpaired) electrons. The lowest BCUT2D eigenvalue weighted by Crippen LogP contribution is -2.09. The van der Waals surface area contributed by atoms with Crippen LogP contribution in [0.25, 0.3) is 0 Å². The van der Waals surface area contributed by atoms with Gasteiger partial charge in [-0.3, -0.25) is 0 Å². The van der Waals surface area contributed by atoms with Crippen molar-refractivity contribution in [2.24, 2.45) is 5.73 Å². The minimum absolute atomic E-state index is 0.665. The van der Waals surface area contributed by atoms with E-state index in [1.165, 1.54) is 37.8 Å². The maximum atomic E-state index is 5.53. The molecule has 0 saturated heterocycles. The zero-order valence-corrected chi connectivity index (χ0v) is 9.15. The van der Waals surface area contributed by atoms with Gasteiger partial charge in [-0.05, 0) is 25.5 Å². The maximum Gasteiger partial charge on any atom is 0.115 e. The molecule has 82 valence electrons. The van der Waals surface area contributed by atoms with Gasteiger partial charge in [0.15, 0.2) is 0 Å². The van der Waals surface area contributed by atoms with Crippen LogP contribution in [0.4, 0.5) is 0 Å². The van der Waals surface area contributed by atoms with E-state index in [1.54, 1.807) is 6.33 Å². The number of nitrogens with zero attached hydrogens (tertiary/aromatic N) is 2. The van der Waals surface area contributed by atoms with E-state index in [9.17, 15) is 0 Å². The quantitative estimate of drug-likeness (QED) is 0.821. The Hall–Kier alpha value is -0.960. The smallest absolute Gasteiger partial charge is 0.115 e. The van der Waals surface area contributed by atoms with Gasteiger partial charge < -0.3 is 5.73 Å². The van der Waals surface area contributed by atoms with Crippen LogP contribution in [0, 0.1) is 0 Å². The van der Waals surface area contributed by atoms with E-state index < -0.39 is 0 Å². The minimum Gasteiger partial charge on any atom is -0.330 e. The second-order valence-corrected chi connectivity index (χ2v) is 4.31. The summed E-state index contributed by atoms with van der Waals surface area (Å²) in [5.74, 6) is 0.665. The first kappa shape index (κ1) is 10.6. The minimum atomic E-state index is 0.665. The highest BCUT2D eigenvalue weighted by Gasteiger charge is 2.16. The largest absolute Gasteiger partial charge is 0.330 e. The van der Waals surface area contributed by atoms with Crippen LogP contribution < -0.4 is 5.73 Å². The molecule has 0 spiro atoms. The van der Waals surface area contributed by atoms with Crippen LogP contribution >= 0.6 is 0 Å². The van der Waals surface area contributed by atoms with Gasteiger partial charge in [-0.25, -0.2) is 9.97 Å². The fraction of sp³-hybridized carbons (Fsp3) is 0.667. The van der Waals surface area contributed by atoms with E-state index in [0.29, 0.717) is 12.5 Å². The van der Waals surface area contributed by atoms with Crippen molar-refractivity contribution in [1.29, 1.82) is 0 Å². The zero-order chi connectivity index (χ0) is 10.5. The molecule has 2 rings (SSSR count). The Balaban J connectivity index is 2.09. The van der Waals surface area contributed by atoms with Gasteiger partial charge in [-0.15, -0.1) is 0 Å². The average Bonchev–Trinajstić information content (AvgIpc) is 2.31. The molecule has 0 aliphatic heterocycles. The van der Waals surface area contributed by atoms with Crippen LogP contribution in [0.1, 0.15) is 49.4 Å². The predicted octanol–water partition coefficient (Wildman–Crippen LogP) is 2.03. The second-order valence-electron chi connectivity index (χ2n) is 4.31. The van der Waals surface area contributed by atoms with Crippen molar-refractivity contribution >= 4 is 0 Å². The first-order valence-electron chi connectivity index (χ1n) is 5.91. The Morgan fingerprint density at radius 3 is 2.73 bits per heavy atom. The van der Waals surface area contributed by atoms with Crippen LogP contribution in [0.2, 0.25) is 0 Å². The Kier molecular flexibility index (Phi) is 3.67. The predicted molar refractivity (Wildman–Crippen MR) is 60.6 cm³/mol. The molecule has 0 aromatic carbocycles. The molecule has 0 atom stereocenters. The fourth-order valence-electron chi connectivity index (χ4n) is 2.32. The highest BCUT2D eigenvalue weighted by Crippen LogP contribution is 2.31. The van der Waals surface area contributed by atoms with Gasteiger partial charge in [0.1, 0.15) is 6.33 Å². The Morgan fingerprint density at radius 1 is 1.20 bits per heavy atom. The standard InChI is InChI=1S/C12H19N3/c13-7-6-11-8-12(15-9-14-11)10-4-2-1-3-5-10/h8-10H,1-7,13H2. The van der Waals surface area contributed by atoms with Crippen LogP contribution in [-0.4, -0.2) is 16.5 Å². The van der Waals surface area contributed by atoms with E-state index in [4.69, 9.17) is 5.73 Å². The summed E-state index contributed by atoms with van der Waals surface area (Å²) in [7, 11) is 0. The van der Waals surface area contributed by atoms with Gasteiger partial charge in [-0.2, -0.15) is 0 Å². The first-order chi connectivity index (χ1) is 7.40. The topological polar surface area (TPSA) is 51.8 Å². The third-order valence-electron chi connectivity index (χ3n) is 3.17. The summed E-state index contributed by atoms with van der Waals surface area (Å²) in [6, 6.07) is 2.14. The summed E-state index contributed by atoms with van der Waals surface area (Å²) in [5.41, 5.74) is 7.85. The van der Waals surface area contributed by atoms with Crippen LogP contribution in [-0.2, 0) is 6.42 Å². The summed E-state index contributed by atoms with van der Waals surface area (Å²) in [6.07, 6.45) is 9.22. The van der Waals surface area contributed by atoms with E-state index in [1.807, 2.05) is 0 Å². The second kappa shape index (κ2) is 5.21. The Morgan fingerprint density at radius 2 is 2.00 bits per heavy atom. The summed E-state index contributed by atoms with van der Waals surface area (Å²) in [6.45, 7) is 0.668. The van der Waals surface area contributed by atoms with Gasteiger partial charge in [0, 0.05) is 23.7 Å². The van der Waals surface area contributed by atoms with Crippen molar-refractivity contribution in [2.75, 3.05) is 6.54 Å². The van der Waals surface area contributed by atoms with Crippen molar-refractivity contribution in [1.82, 2.24) is 9.97 Å². The molecule has 1 aliphatic rings. The summed E-state index contributed by atoms with van der Waals surface area (Å²) < 4.78 is 0. The number of aromatic nitrogens is 2. The molecule has 15 heavy (non-hydrogen) atoms. The molecule has 0 amide bonds. The third kappa shape index (κ3) is 2.75. The lowest BCUT2D eigenvalue weighted by atomic mass is 9.86. The first-order valence-corrected chi connectivity index (χ1v) is 5.91. The lowest BCUT2D eigenvalue weighted by molar-refractivity contribution is 0.436. The SMILES string of the molecule is NCCc1cc(C2CCCCC2)ncn1. The molecule has 3 nitrogen and oxygen atoms in total. The van der Waals surface area contributed by atoms with Gasteiger partial charge in [0.25, 0.3) is 0 Å². The Labute approximate surface area is 91.1 Å². The van der Waals surface area contributed by atoms with Gasteiger partial charge >= 0.3 is 0 Å². The normalized spacial score (nSPS) is 17.9. The molecule has 0 unspecified atom stereocenters. The highest BCUT2D eigenvalue weighted by molar-refractivity contribution is 5.13. The number of nitrogens with two attached hydrogens (primary N) is 1. The molecular formula is C12H19N3. The maximum absolute atomic E-state index is 5.53. The molecular weight excluding hydrogens is 186 g/mol. The molecule has 1 saturated carbocycles. The van der Waals surface area contributed by atoms with Crippen molar-refractivity contribution in [2.45, 2.75) is 44.4 Å². The monoisotopic (exact) mass is 205 g/mol. The molecule has 0 bridgehead atoms. The lowest BCUT2D eigenvalue weighted by Gasteiger charge is -2.21. The van der Waals surface area contributed by atoms with Crippen LogP contribution in [0.15, 0.2) is 12.4 Å². The van der Waals surface area contributed by atoms with E-state index in [0.717, 1.165) is 12.1 Å². The van der Waals surface area contributed by atoms with Crippen molar-refractivity contribution in [3.05, 3.63) is 23.8 Å². The molecule has 3 heteroatoms. The van der Waals surface area contributed by atoms with Crippen molar-refractivity contribution in [3.8, 4) is 0 Å². The molecule has 1 aromatic rings. The Bertz CT molecular complexity index is 305. The zero-order valence-electron chi connectivity index (χ0n) is 9.15. The van der Waals surface area contributed by atoms with Gasteiger partial charge in [0.2, 0.25) is 0 Å². The van der Waals surface area contributed by atoms with Crippen LogP contribution in [0.5, 0.6) is 0 Å².